The molecule has 2 aromatic rings. The van der Waals surface area contributed by atoms with Crippen molar-refractivity contribution in [3.05, 3.63) is 32.4 Å². The molecule has 2 atom stereocenters. The number of H-pyrrole nitrogens is 1. The lowest BCUT2D eigenvalue weighted by Gasteiger charge is -2.27. The minimum atomic E-state index is -1.08. The summed E-state index contributed by atoms with van der Waals surface area (Å²) in [5.41, 5.74) is -0.510. The molecule has 0 unspecified atom stereocenters. The number of oxime groups is 1. The van der Waals surface area contributed by atoms with Crippen LogP contribution in [0.5, 0.6) is 6.01 Å². The monoisotopic (exact) mass is 477 g/mol. The van der Waals surface area contributed by atoms with Gasteiger partial charge in [-0.1, -0.05) is 18.5 Å². The van der Waals surface area contributed by atoms with Crippen LogP contribution in [0.15, 0.2) is 25.2 Å². The molecule has 0 saturated carbocycles. The first-order valence-electron chi connectivity index (χ1n) is 11.1. The number of nitrogens with zero attached hydrogens (tertiary/aromatic N) is 2. The lowest BCUT2D eigenvalue weighted by molar-refractivity contribution is -0.172. The van der Waals surface area contributed by atoms with Crippen molar-refractivity contribution in [2.24, 2.45) is 5.16 Å². The number of rotatable bonds is 9. The fourth-order valence-electron chi connectivity index (χ4n) is 3.47. The van der Waals surface area contributed by atoms with Crippen molar-refractivity contribution in [3.8, 4) is 6.01 Å². The Balaban J connectivity index is 1.87. The zero-order valence-corrected chi connectivity index (χ0v) is 19.3. The van der Waals surface area contributed by atoms with Gasteiger partial charge in [-0.2, -0.15) is 4.98 Å². The molecule has 1 fully saturated rings. The van der Waals surface area contributed by atoms with Gasteiger partial charge in [0.15, 0.2) is 12.2 Å². The topological polar surface area (TPSA) is 159 Å². The van der Waals surface area contributed by atoms with Crippen molar-refractivity contribution in [1.82, 2.24) is 9.97 Å². The average molecular weight is 477 g/mol. The summed E-state index contributed by atoms with van der Waals surface area (Å²) in [6, 6.07) is 0.968. The smallest absolute Gasteiger partial charge is 0.337 e. The molecule has 12 nitrogen and oxygen atoms in total. The van der Waals surface area contributed by atoms with Crippen molar-refractivity contribution >= 4 is 28.8 Å². The number of carbonyl (C=O) groups excluding carboxylic acids is 2. The number of carbonyl (C=O) groups is 2. The van der Waals surface area contributed by atoms with Gasteiger partial charge in [-0.15, -0.1) is 0 Å². The highest BCUT2D eigenvalue weighted by Crippen LogP contribution is 2.21. The summed E-state index contributed by atoms with van der Waals surface area (Å²) in [6.07, 6.45) is 0.0492. The van der Waals surface area contributed by atoms with Gasteiger partial charge in [-0.05, 0) is 32.3 Å². The van der Waals surface area contributed by atoms with Gasteiger partial charge in [0, 0.05) is 18.9 Å². The van der Waals surface area contributed by atoms with Gasteiger partial charge in [-0.3, -0.25) is 9.78 Å². The number of esters is 2. The van der Waals surface area contributed by atoms with Crippen molar-refractivity contribution in [1.29, 1.82) is 0 Å². The first-order valence-corrected chi connectivity index (χ1v) is 11.1. The average Bonchev–Trinajstić information content (AvgIpc) is 2.80. The molecule has 1 saturated heterocycles. The van der Waals surface area contributed by atoms with Gasteiger partial charge in [0.1, 0.15) is 5.39 Å². The normalized spacial score (nSPS) is 19.2. The Kier molecular flexibility index (Phi) is 8.52. The highest BCUT2D eigenvalue weighted by atomic mass is 16.6. The number of aromatic nitrogens is 2. The quantitative estimate of drug-likeness (QED) is 0.415. The Labute approximate surface area is 194 Å². The summed E-state index contributed by atoms with van der Waals surface area (Å²) in [7, 11) is 0. The molecule has 1 aliphatic heterocycles. The van der Waals surface area contributed by atoms with E-state index in [2.05, 4.69) is 15.1 Å². The predicted octanol–water partition coefficient (Wildman–Crippen LogP) is 1.63. The van der Waals surface area contributed by atoms with Gasteiger partial charge in [0.05, 0.1) is 18.9 Å². The van der Waals surface area contributed by atoms with Crippen LogP contribution in [0.1, 0.15) is 52.0 Å². The predicted molar refractivity (Wildman–Crippen MR) is 119 cm³/mol. The van der Waals surface area contributed by atoms with E-state index in [1.54, 1.807) is 13.8 Å². The van der Waals surface area contributed by atoms with E-state index in [9.17, 15) is 19.2 Å². The molecule has 12 heteroatoms. The molecule has 1 aliphatic rings. The van der Waals surface area contributed by atoms with Gasteiger partial charge < -0.3 is 23.5 Å². The SMILES string of the molecule is CCCCc1cc(=O)oc2nc(ON=C3C[C@@H](C(=O)OCC)O[C@@H](C(=O)OCC)C3)[nH]c(=O)c12. The van der Waals surface area contributed by atoms with Crippen LogP contribution in [0.4, 0.5) is 0 Å². The maximum Gasteiger partial charge on any atom is 0.337 e. The number of hydrogen-bond donors (Lipinski definition) is 1. The molecule has 0 bridgehead atoms. The van der Waals surface area contributed by atoms with Gasteiger partial charge >= 0.3 is 23.6 Å². The van der Waals surface area contributed by atoms with Crippen LogP contribution in [0.25, 0.3) is 11.1 Å². The lowest BCUT2D eigenvalue weighted by atomic mass is 10.0. The standard InChI is InChI=1S/C22H27N3O9/c1-4-7-8-12-9-16(26)33-19-17(12)18(27)23-22(24-19)34-25-13-10-14(20(28)30-5-2)32-15(11-13)21(29)31-6-3/h9,14-15H,4-8,10-11H2,1-3H3,(H,23,24,27)/t14-,15+. The Morgan fingerprint density at radius 3 is 2.35 bits per heavy atom. The number of ether oxygens (including phenoxy) is 3. The van der Waals surface area contributed by atoms with Crippen LogP contribution in [-0.2, 0) is 30.2 Å². The third-order valence-corrected chi connectivity index (χ3v) is 5.01. The lowest BCUT2D eigenvalue weighted by Crippen LogP contribution is -2.43. The fraction of sp³-hybridized carbons (Fsp3) is 0.545. The van der Waals surface area contributed by atoms with Crippen LogP contribution >= 0.6 is 0 Å². The summed E-state index contributed by atoms with van der Waals surface area (Å²) in [5, 5.41) is 4.12. The molecule has 0 aliphatic carbocycles. The molecular formula is C22H27N3O9. The van der Waals surface area contributed by atoms with Gasteiger partial charge in [0.2, 0.25) is 5.71 Å². The molecule has 1 N–H and O–H groups in total. The largest absolute Gasteiger partial charge is 0.464 e. The Hall–Kier alpha value is -3.54. The molecule has 34 heavy (non-hydrogen) atoms. The highest BCUT2D eigenvalue weighted by molar-refractivity contribution is 5.94. The molecule has 0 spiro atoms. The van der Waals surface area contributed by atoms with Crippen LogP contribution in [0.3, 0.4) is 0 Å². The van der Waals surface area contributed by atoms with Crippen molar-refractivity contribution in [3.63, 3.8) is 0 Å². The molecule has 0 aromatic carbocycles. The van der Waals surface area contributed by atoms with E-state index in [1.807, 2.05) is 6.92 Å². The van der Waals surface area contributed by atoms with Crippen LogP contribution in [-0.4, -0.2) is 53.0 Å². The third kappa shape index (κ3) is 6.07. The number of aromatic amines is 1. The van der Waals surface area contributed by atoms with E-state index in [4.69, 9.17) is 23.5 Å². The second-order valence-electron chi connectivity index (χ2n) is 7.52. The number of fused-ring (bicyclic) bond motifs is 1. The summed E-state index contributed by atoms with van der Waals surface area (Å²) >= 11 is 0. The van der Waals surface area contributed by atoms with E-state index < -0.39 is 35.3 Å². The third-order valence-electron chi connectivity index (χ3n) is 5.01. The van der Waals surface area contributed by atoms with Gasteiger partial charge in [-0.25, -0.2) is 14.4 Å². The van der Waals surface area contributed by atoms with Gasteiger partial charge in [0.25, 0.3) is 5.56 Å². The summed E-state index contributed by atoms with van der Waals surface area (Å²) in [6.45, 7) is 5.57. The number of hydrogen-bond acceptors (Lipinski definition) is 11. The second-order valence-corrected chi connectivity index (χ2v) is 7.52. The van der Waals surface area contributed by atoms with Crippen molar-refractivity contribution in [2.45, 2.75) is 65.1 Å². The number of aryl methyl sites for hydroxylation is 1. The van der Waals surface area contributed by atoms with E-state index >= 15 is 0 Å². The molecule has 0 radical (unpaired) electrons. The van der Waals surface area contributed by atoms with Crippen LogP contribution < -0.4 is 16.0 Å². The molecule has 3 rings (SSSR count). The molecule has 184 valence electrons. The van der Waals surface area contributed by atoms with Crippen molar-refractivity contribution in [2.75, 3.05) is 13.2 Å². The summed E-state index contributed by atoms with van der Waals surface area (Å²) < 4.78 is 20.6. The summed E-state index contributed by atoms with van der Waals surface area (Å²) in [5.74, 6) is -1.30. The zero-order valence-electron chi connectivity index (χ0n) is 19.3. The molecule has 0 amide bonds. The fourth-order valence-corrected chi connectivity index (χ4v) is 3.47. The highest BCUT2D eigenvalue weighted by Gasteiger charge is 2.37. The maximum absolute atomic E-state index is 12.6. The Morgan fingerprint density at radius 1 is 1.12 bits per heavy atom. The van der Waals surface area contributed by atoms with E-state index in [1.165, 1.54) is 6.07 Å². The summed E-state index contributed by atoms with van der Waals surface area (Å²) in [4.78, 5) is 60.7. The van der Waals surface area contributed by atoms with Crippen molar-refractivity contribution < 1.29 is 33.1 Å². The molecule has 3 heterocycles. The Bertz CT molecular complexity index is 1160. The number of unbranched alkanes of at least 4 members (excludes halogenated alkanes) is 1. The van der Waals surface area contributed by atoms with E-state index in [-0.39, 0.29) is 43.2 Å². The first-order chi connectivity index (χ1) is 16.4. The van der Waals surface area contributed by atoms with E-state index in [0.717, 1.165) is 12.8 Å². The zero-order chi connectivity index (χ0) is 24.7. The molecule has 2 aromatic heterocycles. The molecular weight excluding hydrogens is 450 g/mol. The first kappa shape index (κ1) is 25.1. The van der Waals surface area contributed by atoms with Crippen LogP contribution in [0, 0.1) is 0 Å². The van der Waals surface area contributed by atoms with Crippen LogP contribution in [0.2, 0.25) is 0 Å². The maximum atomic E-state index is 12.6. The minimum absolute atomic E-state index is 0.00278. The second kappa shape index (κ2) is 11.5. The Morgan fingerprint density at radius 2 is 1.76 bits per heavy atom. The minimum Gasteiger partial charge on any atom is -0.464 e. The van der Waals surface area contributed by atoms with E-state index in [0.29, 0.717) is 17.7 Å². The number of nitrogens with one attached hydrogen (secondary N) is 1.